The van der Waals surface area contributed by atoms with Crippen molar-refractivity contribution in [3.63, 3.8) is 0 Å². The molecule has 1 heterocycles. The summed E-state index contributed by atoms with van der Waals surface area (Å²) in [7, 11) is 0. The van der Waals surface area contributed by atoms with Gasteiger partial charge in [0.25, 0.3) is 0 Å². The van der Waals surface area contributed by atoms with Crippen LogP contribution in [0.3, 0.4) is 0 Å². The topological polar surface area (TPSA) is 30.2 Å². The molecule has 118 valence electrons. The molecule has 0 amide bonds. The number of para-hydroxylation sites is 1. The third-order valence-electron chi connectivity index (χ3n) is 3.98. The Morgan fingerprint density at radius 2 is 1.32 bits per heavy atom. The van der Waals surface area contributed by atoms with Gasteiger partial charge in [-0.3, -0.25) is 0 Å². The van der Waals surface area contributed by atoms with Gasteiger partial charge in [0, 0.05) is 10.9 Å². The lowest BCUT2D eigenvalue weighted by Crippen LogP contribution is -2.06. The molecule has 0 fully saturated rings. The van der Waals surface area contributed by atoms with Gasteiger partial charge in [-0.2, -0.15) is 0 Å². The average molecular weight is 322 g/mol. The lowest BCUT2D eigenvalue weighted by atomic mass is 9.98. The van der Waals surface area contributed by atoms with E-state index in [1.54, 1.807) is 6.07 Å². The van der Waals surface area contributed by atoms with E-state index in [2.05, 4.69) is 11.8 Å². The molecule has 0 aliphatic heterocycles. The van der Waals surface area contributed by atoms with E-state index in [0.29, 0.717) is 16.7 Å². The summed E-state index contributed by atoms with van der Waals surface area (Å²) in [6, 6.07) is 26.7. The molecule has 1 aromatic heterocycles. The third-order valence-corrected chi connectivity index (χ3v) is 3.98. The first-order valence-corrected chi connectivity index (χ1v) is 8.01. The van der Waals surface area contributed by atoms with Gasteiger partial charge in [0.15, 0.2) is 0 Å². The molecular formula is C23H14O2. The van der Waals surface area contributed by atoms with Crippen molar-refractivity contribution in [3.8, 4) is 23.0 Å². The standard InChI is InChI=1S/C23H14O2/c24-23-22(18-11-5-2-6-12-18)20(16-15-17-9-3-1-4-10-17)19-13-7-8-14-21(19)25-23/h1-14H. The first kappa shape index (κ1) is 15.0. The maximum Gasteiger partial charge on any atom is 0.345 e. The normalized spacial score (nSPS) is 10.2. The van der Waals surface area contributed by atoms with Crippen molar-refractivity contribution >= 4 is 11.0 Å². The summed E-state index contributed by atoms with van der Waals surface area (Å²) in [4.78, 5) is 12.6. The minimum absolute atomic E-state index is 0.373. The molecule has 4 rings (SSSR count). The molecule has 0 saturated heterocycles. The molecule has 0 spiro atoms. The van der Waals surface area contributed by atoms with E-state index in [1.165, 1.54) is 0 Å². The van der Waals surface area contributed by atoms with Gasteiger partial charge in [0.05, 0.1) is 11.1 Å². The van der Waals surface area contributed by atoms with E-state index in [-0.39, 0.29) is 5.63 Å². The number of hydrogen-bond donors (Lipinski definition) is 0. The van der Waals surface area contributed by atoms with Crippen LogP contribution in [0.2, 0.25) is 0 Å². The van der Waals surface area contributed by atoms with Gasteiger partial charge in [0.2, 0.25) is 0 Å². The molecule has 4 aromatic rings. The maximum absolute atomic E-state index is 12.6. The van der Waals surface area contributed by atoms with Gasteiger partial charge in [-0.1, -0.05) is 72.5 Å². The highest BCUT2D eigenvalue weighted by molar-refractivity contribution is 5.90. The lowest BCUT2D eigenvalue weighted by molar-refractivity contribution is 0.563. The van der Waals surface area contributed by atoms with Crippen LogP contribution in [0.25, 0.3) is 22.1 Å². The van der Waals surface area contributed by atoms with E-state index in [1.807, 2.05) is 78.9 Å². The van der Waals surface area contributed by atoms with E-state index in [4.69, 9.17) is 4.42 Å². The van der Waals surface area contributed by atoms with E-state index in [9.17, 15) is 4.79 Å². The third kappa shape index (κ3) is 2.96. The van der Waals surface area contributed by atoms with Crippen LogP contribution in [-0.4, -0.2) is 0 Å². The van der Waals surface area contributed by atoms with Gasteiger partial charge in [-0.25, -0.2) is 4.79 Å². The minimum atomic E-state index is -0.373. The molecule has 0 N–H and O–H groups in total. The fraction of sp³-hybridized carbons (Fsp3) is 0. The number of rotatable bonds is 1. The Balaban J connectivity index is 2.03. The predicted molar refractivity (Wildman–Crippen MR) is 100 cm³/mol. The summed E-state index contributed by atoms with van der Waals surface area (Å²) in [5.74, 6) is 6.36. The number of hydrogen-bond acceptors (Lipinski definition) is 2. The second-order valence-electron chi connectivity index (χ2n) is 5.62. The lowest BCUT2D eigenvalue weighted by Gasteiger charge is -2.07. The van der Waals surface area contributed by atoms with Crippen molar-refractivity contribution in [1.29, 1.82) is 0 Å². The van der Waals surface area contributed by atoms with Crippen molar-refractivity contribution in [2.24, 2.45) is 0 Å². The van der Waals surface area contributed by atoms with Crippen LogP contribution < -0.4 is 5.63 Å². The van der Waals surface area contributed by atoms with E-state index < -0.39 is 0 Å². The zero-order chi connectivity index (χ0) is 17.1. The SMILES string of the molecule is O=c1oc2ccccc2c(C#Cc2ccccc2)c1-c1ccccc1. The molecule has 2 heteroatoms. The van der Waals surface area contributed by atoms with Crippen LogP contribution in [0.4, 0.5) is 0 Å². The highest BCUT2D eigenvalue weighted by atomic mass is 16.4. The monoisotopic (exact) mass is 322 g/mol. The van der Waals surface area contributed by atoms with Gasteiger partial charge >= 0.3 is 5.63 Å². The average Bonchev–Trinajstić information content (AvgIpc) is 2.67. The first-order valence-electron chi connectivity index (χ1n) is 8.01. The highest BCUT2D eigenvalue weighted by Crippen LogP contribution is 2.26. The molecule has 25 heavy (non-hydrogen) atoms. The second-order valence-corrected chi connectivity index (χ2v) is 5.62. The van der Waals surface area contributed by atoms with Crippen molar-refractivity contribution < 1.29 is 4.42 Å². The van der Waals surface area contributed by atoms with Crippen LogP contribution in [0.15, 0.2) is 94.1 Å². The molecule has 0 aliphatic rings. The van der Waals surface area contributed by atoms with Gasteiger partial charge in [-0.15, -0.1) is 0 Å². The predicted octanol–water partition coefficient (Wildman–Crippen LogP) is 4.86. The molecule has 0 saturated carbocycles. The molecule has 0 aliphatic carbocycles. The summed E-state index contributed by atoms with van der Waals surface area (Å²) in [6.07, 6.45) is 0. The molecule has 2 nitrogen and oxygen atoms in total. The summed E-state index contributed by atoms with van der Waals surface area (Å²) >= 11 is 0. The number of benzene rings is 3. The van der Waals surface area contributed by atoms with Crippen LogP contribution >= 0.6 is 0 Å². The van der Waals surface area contributed by atoms with Gasteiger partial charge in [0.1, 0.15) is 5.58 Å². The van der Waals surface area contributed by atoms with E-state index in [0.717, 1.165) is 16.5 Å². The van der Waals surface area contributed by atoms with E-state index >= 15 is 0 Å². The summed E-state index contributed by atoms with van der Waals surface area (Å²) < 4.78 is 5.52. The van der Waals surface area contributed by atoms with Gasteiger partial charge < -0.3 is 4.42 Å². The fourth-order valence-electron chi connectivity index (χ4n) is 2.80. The van der Waals surface area contributed by atoms with Crippen molar-refractivity contribution in [2.75, 3.05) is 0 Å². The Labute approximate surface area is 145 Å². The second kappa shape index (κ2) is 6.51. The Hall–Kier alpha value is -3.57. The minimum Gasteiger partial charge on any atom is -0.422 e. The van der Waals surface area contributed by atoms with Crippen LogP contribution in [0.5, 0.6) is 0 Å². The van der Waals surface area contributed by atoms with Crippen molar-refractivity contribution in [2.45, 2.75) is 0 Å². The molecule has 0 atom stereocenters. The summed E-state index contributed by atoms with van der Waals surface area (Å²) in [6.45, 7) is 0. The van der Waals surface area contributed by atoms with Crippen LogP contribution in [0.1, 0.15) is 11.1 Å². The number of fused-ring (bicyclic) bond motifs is 1. The summed E-state index contributed by atoms with van der Waals surface area (Å²) in [5, 5.41) is 0.837. The molecule has 0 radical (unpaired) electrons. The molecule has 0 bridgehead atoms. The zero-order valence-electron chi connectivity index (χ0n) is 13.4. The molecule has 3 aromatic carbocycles. The maximum atomic E-state index is 12.6. The quantitative estimate of drug-likeness (QED) is 0.370. The summed E-state index contributed by atoms with van der Waals surface area (Å²) in [5.41, 5.74) is 3.08. The largest absolute Gasteiger partial charge is 0.422 e. The Morgan fingerprint density at radius 1 is 0.680 bits per heavy atom. The fourth-order valence-corrected chi connectivity index (χ4v) is 2.80. The molecular weight excluding hydrogens is 308 g/mol. The zero-order valence-corrected chi connectivity index (χ0v) is 13.4. The van der Waals surface area contributed by atoms with Crippen LogP contribution in [-0.2, 0) is 0 Å². The highest BCUT2D eigenvalue weighted by Gasteiger charge is 2.14. The van der Waals surface area contributed by atoms with Crippen molar-refractivity contribution in [3.05, 3.63) is 106 Å². The smallest absolute Gasteiger partial charge is 0.345 e. The first-order chi connectivity index (χ1) is 12.3. The Bertz CT molecular complexity index is 1140. The van der Waals surface area contributed by atoms with Crippen molar-refractivity contribution in [1.82, 2.24) is 0 Å². The Kier molecular flexibility index (Phi) is 3.90. The molecule has 0 unspecified atom stereocenters. The van der Waals surface area contributed by atoms with Gasteiger partial charge in [-0.05, 0) is 29.8 Å². The Morgan fingerprint density at radius 3 is 2.08 bits per heavy atom. The van der Waals surface area contributed by atoms with Crippen LogP contribution in [0, 0.1) is 11.8 Å².